The highest BCUT2D eigenvalue weighted by molar-refractivity contribution is 7.39. The van der Waals surface area contributed by atoms with E-state index in [-0.39, 0.29) is 11.2 Å². The van der Waals surface area contributed by atoms with Gasteiger partial charge < -0.3 is 15.4 Å². The molecule has 0 saturated heterocycles. The van der Waals surface area contributed by atoms with Crippen molar-refractivity contribution < 1.29 is 14.8 Å². The predicted molar refractivity (Wildman–Crippen MR) is 95.4 cm³/mol. The van der Waals surface area contributed by atoms with Crippen LogP contribution in [0.2, 0.25) is 0 Å². The summed E-state index contributed by atoms with van der Waals surface area (Å²) in [6, 6.07) is 7.07. The molecular formula is C16H27BNO3P. The number of carbonyl (C=O) groups is 1. The molecule has 1 saturated carbocycles. The molecule has 22 heavy (non-hydrogen) atoms. The number of aryl methyl sites for hydroxylation is 1. The van der Waals surface area contributed by atoms with Gasteiger partial charge in [0.15, 0.2) is 0 Å². The van der Waals surface area contributed by atoms with Crippen molar-refractivity contribution in [1.82, 2.24) is 5.32 Å². The summed E-state index contributed by atoms with van der Waals surface area (Å²) in [5, 5.41) is 20.4. The Hall–Kier alpha value is -0.895. The lowest BCUT2D eigenvalue weighted by Crippen LogP contribution is -2.42. The fourth-order valence-corrected chi connectivity index (χ4v) is 3.02. The Labute approximate surface area is 136 Å². The fraction of sp³-hybridized carbons (Fsp3) is 0.562. The topological polar surface area (TPSA) is 69.6 Å². The fourth-order valence-electron chi connectivity index (χ4n) is 2.67. The minimum Gasteiger partial charge on any atom is -0.423 e. The normalized spacial score (nSPS) is 16.8. The molecule has 4 nitrogen and oxygen atoms in total. The van der Waals surface area contributed by atoms with E-state index >= 15 is 0 Å². The van der Waals surface area contributed by atoms with Crippen molar-refractivity contribution in [2.45, 2.75) is 57.9 Å². The minimum absolute atomic E-state index is 0.0272. The van der Waals surface area contributed by atoms with Crippen LogP contribution in [0.4, 0.5) is 4.79 Å². The Kier molecular flexibility index (Phi) is 8.09. The molecule has 122 valence electrons. The maximum Gasteiger partial charge on any atom is 0.488 e. The molecule has 0 spiro atoms. The summed E-state index contributed by atoms with van der Waals surface area (Å²) < 4.78 is 0. The second-order valence-corrected chi connectivity index (χ2v) is 6.77. The molecule has 1 aliphatic rings. The summed E-state index contributed by atoms with van der Waals surface area (Å²) in [5.41, 5.74) is 1.74. The van der Waals surface area contributed by atoms with Gasteiger partial charge in [-0.25, -0.2) is 0 Å². The van der Waals surface area contributed by atoms with Gasteiger partial charge in [-0.2, -0.15) is 0 Å². The number of hydrogen-bond acceptors (Lipinski definition) is 3. The van der Waals surface area contributed by atoms with Gasteiger partial charge >= 0.3 is 7.12 Å². The number of hydrogen-bond donors (Lipinski definition) is 3. The minimum atomic E-state index is -1.35. The summed E-state index contributed by atoms with van der Waals surface area (Å²) in [7, 11) is 0.844. The third kappa shape index (κ3) is 7.39. The lowest BCUT2D eigenvalue weighted by atomic mass is 9.80. The van der Waals surface area contributed by atoms with Gasteiger partial charge in [-0.15, -0.1) is 0 Å². The van der Waals surface area contributed by atoms with E-state index in [0.717, 1.165) is 18.4 Å². The first-order valence-corrected chi connectivity index (χ1v) is 8.40. The van der Waals surface area contributed by atoms with Crippen LogP contribution in [0, 0.1) is 6.92 Å². The van der Waals surface area contributed by atoms with Crippen LogP contribution in [0.25, 0.3) is 0 Å². The van der Waals surface area contributed by atoms with E-state index in [1.54, 1.807) is 12.1 Å². The van der Waals surface area contributed by atoms with Gasteiger partial charge in [-0.1, -0.05) is 55.5 Å². The van der Waals surface area contributed by atoms with Gasteiger partial charge in [-0.3, -0.25) is 4.79 Å². The molecule has 1 aliphatic carbocycles. The Morgan fingerprint density at radius 1 is 1.14 bits per heavy atom. The van der Waals surface area contributed by atoms with Gasteiger partial charge in [0.2, 0.25) is 5.65 Å². The predicted octanol–water partition coefficient (Wildman–Crippen LogP) is 2.36. The number of benzene rings is 1. The molecule has 1 amide bonds. The van der Waals surface area contributed by atoms with Gasteiger partial charge in [-0.05, 0) is 41.4 Å². The smallest absolute Gasteiger partial charge is 0.423 e. The zero-order valence-electron chi connectivity index (χ0n) is 13.5. The molecule has 0 radical (unpaired) electrons. The summed E-state index contributed by atoms with van der Waals surface area (Å²) in [4.78, 5) is 10.9. The van der Waals surface area contributed by atoms with E-state index in [0.29, 0.717) is 5.46 Å². The van der Waals surface area contributed by atoms with Crippen LogP contribution >= 0.6 is 9.24 Å². The molecule has 2 rings (SSSR count). The molecule has 6 heteroatoms. The molecule has 0 aliphatic heterocycles. The van der Waals surface area contributed by atoms with Gasteiger partial charge in [0.1, 0.15) is 0 Å². The second-order valence-electron chi connectivity index (χ2n) is 6.25. The third-order valence-corrected chi connectivity index (χ3v) is 4.15. The lowest BCUT2D eigenvalue weighted by molar-refractivity contribution is 0.243. The highest BCUT2D eigenvalue weighted by Gasteiger charge is 2.25. The van der Waals surface area contributed by atoms with Crippen molar-refractivity contribution in [3.63, 3.8) is 0 Å². The first kappa shape index (κ1) is 19.2. The average Bonchev–Trinajstić information content (AvgIpc) is 2.64. The number of rotatable bonds is 2. The van der Waals surface area contributed by atoms with Gasteiger partial charge in [0.05, 0.1) is 0 Å². The quantitative estimate of drug-likeness (QED) is 0.445. The summed E-state index contributed by atoms with van der Waals surface area (Å²) in [6.45, 7) is 4.10. The van der Waals surface area contributed by atoms with Crippen molar-refractivity contribution in [2.75, 3.05) is 0 Å². The average molecular weight is 323 g/mol. The number of nitrogens with one attached hydrogen (secondary N) is 1. The van der Waals surface area contributed by atoms with E-state index in [4.69, 9.17) is 10.0 Å². The summed E-state index contributed by atoms with van der Waals surface area (Å²) in [6.07, 6.45) is 7.41. The molecule has 0 heterocycles. The van der Waals surface area contributed by atoms with Crippen LogP contribution in [0.5, 0.6) is 0 Å². The maximum absolute atomic E-state index is 10.9. The highest BCUT2D eigenvalue weighted by Crippen LogP contribution is 2.26. The van der Waals surface area contributed by atoms with Crippen LogP contribution in [0.3, 0.4) is 0 Å². The second kappa shape index (κ2) is 9.29. The molecule has 1 aromatic rings. The number of carbonyl (C=O) groups excluding carboxylic acids is 1. The zero-order valence-corrected chi connectivity index (χ0v) is 14.7. The standard InChI is InChI=1S/C9H18NOP.C7H9BO2/c1-9(10-8(11)12)6-4-2-3-5-7-9;1-6-2-4-7(5-3-6)8(9)10/h2-7,12H2,1H3,(H,10,11);2-5,9-10H,1H3. The van der Waals surface area contributed by atoms with Gasteiger partial charge in [0, 0.05) is 5.54 Å². The monoisotopic (exact) mass is 323 g/mol. The van der Waals surface area contributed by atoms with Crippen molar-refractivity contribution in [3.05, 3.63) is 29.8 Å². The zero-order chi connectivity index (χ0) is 16.6. The molecule has 3 N–H and O–H groups in total. The van der Waals surface area contributed by atoms with Crippen LogP contribution in [0.15, 0.2) is 24.3 Å². The van der Waals surface area contributed by atoms with Crippen LogP contribution < -0.4 is 10.8 Å². The summed E-state index contributed by atoms with van der Waals surface area (Å²) in [5.74, 6) is 0. The molecule has 1 unspecified atom stereocenters. The van der Waals surface area contributed by atoms with E-state index < -0.39 is 7.12 Å². The Morgan fingerprint density at radius 3 is 2.05 bits per heavy atom. The summed E-state index contributed by atoms with van der Waals surface area (Å²) >= 11 is 0. The maximum atomic E-state index is 10.9. The first-order chi connectivity index (χ1) is 10.3. The Balaban J connectivity index is 0.000000224. The van der Waals surface area contributed by atoms with Crippen molar-refractivity contribution in [1.29, 1.82) is 0 Å². The number of amides is 1. The van der Waals surface area contributed by atoms with Crippen LogP contribution in [0.1, 0.15) is 51.0 Å². The Morgan fingerprint density at radius 2 is 1.64 bits per heavy atom. The van der Waals surface area contributed by atoms with Crippen LogP contribution in [-0.4, -0.2) is 28.4 Å². The molecular weight excluding hydrogens is 296 g/mol. The molecule has 1 fully saturated rings. The van der Waals surface area contributed by atoms with E-state index in [9.17, 15) is 4.79 Å². The molecule has 1 atom stereocenters. The van der Waals surface area contributed by atoms with E-state index in [2.05, 4.69) is 21.5 Å². The molecule has 0 bridgehead atoms. The van der Waals surface area contributed by atoms with E-state index in [1.165, 1.54) is 25.7 Å². The molecule has 0 aromatic heterocycles. The van der Waals surface area contributed by atoms with E-state index in [1.807, 2.05) is 19.1 Å². The SMILES string of the molecule is CC1(NC(=O)P)CCCCCC1.Cc1ccc(B(O)O)cc1. The van der Waals surface area contributed by atoms with Crippen molar-refractivity contribution in [3.8, 4) is 0 Å². The lowest BCUT2D eigenvalue weighted by Gasteiger charge is -2.28. The first-order valence-electron chi connectivity index (χ1n) is 7.83. The van der Waals surface area contributed by atoms with Crippen molar-refractivity contribution >= 4 is 27.5 Å². The largest absolute Gasteiger partial charge is 0.488 e. The van der Waals surface area contributed by atoms with Crippen LogP contribution in [-0.2, 0) is 0 Å². The van der Waals surface area contributed by atoms with Crippen molar-refractivity contribution in [2.24, 2.45) is 0 Å². The molecule has 1 aromatic carbocycles. The Bertz CT molecular complexity index is 457. The third-order valence-electron chi connectivity index (χ3n) is 4.01. The van der Waals surface area contributed by atoms with Gasteiger partial charge in [0.25, 0.3) is 0 Å². The highest BCUT2D eigenvalue weighted by atomic mass is 31.0.